The van der Waals surface area contributed by atoms with Gasteiger partial charge >= 0.3 is 5.97 Å². The van der Waals surface area contributed by atoms with E-state index in [1.54, 1.807) is 0 Å². The summed E-state index contributed by atoms with van der Waals surface area (Å²) >= 11 is 3.69. The van der Waals surface area contributed by atoms with E-state index in [2.05, 4.69) is 49.5 Å². The number of aliphatic carboxylic acids is 1. The van der Waals surface area contributed by atoms with Crippen molar-refractivity contribution in [3.63, 3.8) is 0 Å². The normalized spacial score (nSPS) is 12.1. The average Bonchev–Trinajstić information content (AvgIpc) is 3.06. The summed E-state index contributed by atoms with van der Waals surface area (Å²) in [6.45, 7) is 2.72. The van der Waals surface area contributed by atoms with Gasteiger partial charge in [-0.25, -0.2) is 14.8 Å². The maximum atomic E-state index is 11.9. The first-order valence-electron chi connectivity index (χ1n) is 10.1. The zero-order chi connectivity index (χ0) is 21.8. The second-order valence-corrected chi connectivity index (χ2v) is 7.99. The maximum absolute atomic E-state index is 11.9. The van der Waals surface area contributed by atoms with Crippen molar-refractivity contribution in [1.82, 2.24) is 14.5 Å². The monoisotopic (exact) mass is 479 g/mol. The van der Waals surface area contributed by atoms with Gasteiger partial charge in [-0.05, 0) is 33.5 Å². The highest BCUT2D eigenvalue weighted by molar-refractivity contribution is 9.10. The molecule has 0 bridgehead atoms. The lowest BCUT2D eigenvalue weighted by Crippen LogP contribution is -2.29. The van der Waals surface area contributed by atoms with Crippen LogP contribution < -0.4 is 4.74 Å². The Hall–Kier alpha value is -3.19. The van der Waals surface area contributed by atoms with Crippen LogP contribution in [0.2, 0.25) is 0 Å². The van der Waals surface area contributed by atoms with E-state index in [1.165, 1.54) is 6.33 Å². The molecular formula is C24H22BrN3O3. The lowest BCUT2D eigenvalue weighted by molar-refractivity contribution is -0.145. The summed E-state index contributed by atoms with van der Waals surface area (Å²) in [6, 6.07) is 19.6. The number of aromatic nitrogens is 3. The topological polar surface area (TPSA) is 77.2 Å². The van der Waals surface area contributed by atoms with Gasteiger partial charge < -0.3 is 14.4 Å². The standard InChI is InChI=1S/C24H22BrN3O3/c1-2-18-21(25)20-22(28(18)14-17-11-7-4-8-12-17)26-15-27-23(20)31-19(24(29)30)13-16-9-5-3-6-10-16/h3-12,15,19H,2,13-14H2,1H3,(H,29,30). The third-order valence-electron chi connectivity index (χ3n) is 5.16. The Labute approximate surface area is 188 Å². The predicted molar refractivity (Wildman–Crippen MR) is 122 cm³/mol. The largest absolute Gasteiger partial charge is 0.478 e. The minimum Gasteiger partial charge on any atom is -0.478 e. The highest BCUT2D eigenvalue weighted by atomic mass is 79.9. The summed E-state index contributed by atoms with van der Waals surface area (Å²) in [6.07, 6.45) is 1.38. The van der Waals surface area contributed by atoms with Crippen LogP contribution in [0.5, 0.6) is 5.88 Å². The molecule has 2 heterocycles. The molecule has 2 aromatic heterocycles. The van der Waals surface area contributed by atoms with Gasteiger partial charge in [0.25, 0.3) is 0 Å². The fraction of sp³-hybridized carbons (Fsp3) is 0.208. The van der Waals surface area contributed by atoms with Crippen LogP contribution in [0, 0.1) is 0 Å². The number of carboxylic acids is 1. The van der Waals surface area contributed by atoms with Crippen LogP contribution in [0.1, 0.15) is 23.7 Å². The molecule has 0 aliphatic rings. The quantitative estimate of drug-likeness (QED) is 0.389. The molecule has 0 radical (unpaired) electrons. The Morgan fingerprint density at radius 2 is 1.71 bits per heavy atom. The van der Waals surface area contributed by atoms with E-state index in [9.17, 15) is 9.90 Å². The van der Waals surface area contributed by atoms with Gasteiger partial charge in [0.1, 0.15) is 12.0 Å². The summed E-state index contributed by atoms with van der Waals surface area (Å²) in [4.78, 5) is 20.7. The van der Waals surface area contributed by atoms with Crippen molar-refractivity contribution < 1.29 is 14.6 Å². The number of hydrogen-bond donors (Lipinski definition) is 1. The summed E-state index contributed by atoms with van der Waals surface area (Å²) in [7, 11) is 0. The Bertz CT molecular complexity index is 1190. The lowest BCUT2D eigenvalue weighted by atomic mass is 10.1. The third-order valence-corrected chi connectivity index (χ3v) is 6.01. The first kappa shape index (κ1) is 21.1. The van der Waals surface area contributed by atoms with Crippen molar-refractivity contribution >= 4 is 32.9 Å². The highest BCUT2D eigenvalue weighted by Crippen LogP contribution is 2.36. The van der Waals surface area contributed by atoms with Gasteiger partial charge in [-0.3, -0.25) is 0 Å². The number of fused-ring (bicyclic) bond motifs is 1. The fourth-order valence-electron chi connectivity index (χ4n) is 3.66. The van der Waals surface area contributed by atoms with Gasteiger partial charge in [-0.1, -0.05) is 67.6 Å². The van der Waals surface area contributed by atoms with Crippen LogP contribution in [-0.4, -0.2) is 31.7 Å². The van der Waals surface area contributed by atoms with E-state index in [1.807, 2.05) is 48.5 Å². The van der Waals surface area contributed by atoms with E-state index in [0.29, 0.717) is 17.6 Å². The molecule has 1 unspecified atom stereocenters. The molecule has 0 saturated carbocycles. The molecule has 6 nitrogen and oxygen atoms in total. The van der Waals surface area contributed by atoms with Crippen LogP contribution in [-0.2, 0) is 24.2 Å². The van der Waals surface area contributed by atoms with Crippen molar-refractivity contribution in [1.29, 1.82) is 0 Å². The molecule has 0 aliphatic heterocycles. The molecule has 31 heavy (non-hydrogen) atoms. The number of carbonyl (C=O) groups is 1. The van der Waals surface area contributed by atoms with E-state index in [0.717, 1.165) is 27.7 Å². The highest BCUT2D eigenvalue weighted by Gasteiger charge is 2.25. The summed E-state index contributed by atoms with van der Waals surface area (Å²) in [5, 5.41) is 10.4. The van der Waals surface area contributed by atoms with Crippen LogP contribution in [0.3, 0.4) is 0 Å². The SMILES string of the molecule is CCc1c(Br)c2c(OC(Cc3ccccc3)C(=O)O)ncnc2n1Cc1ccccc1. The minimum atomic E-state index is -1.06. The first-order chi connectivity index (χ1) is 15.1. The molecule has 7 heteroatoms. The van der Waals surface area contributed by atoms with Crippen LogP contribution in [0.25, 0.3) is 11.0 Å². The molecule has 0 saturated heterocycles. The van der Waals surface area contributed by atoms with Gasteiger partial charge in [-0.15, -0.1) is 0 Å². The number of rotatable bonds is 8. The maximum Gasteiger partial charge on any atom is 0.345 e. The van der Waals surface area contributed by atoms with E-state index in [-0.39, 0.29) is 12.3 Å². The van der Waals surface area contributed by atoms with E-state index in [4.69, 9.17) is 4.74 Å². The van der Waals surface area contributed by atoms with Crippen molar-refractivity contribution in [2.45, 2.75) is 32.4 Å². The number of benzene rings is 2. The van der Waals surface area contributed by atoms with E-state index >= 15 is 0 Å². The molecule has 2 aromatic carbocycles. The van der Waals surface area contributed by atoms with Gasteiger partial charge in [-0.2, -0.15) is 0 Å². The van der Waals surface area contributed by atoms with Gasteiger partial charge in [0.15, 0.2) is 0 Å². The molecule has 1 atom stereocenters. The molecule has 0 aliphatic carbocycles. The van der Waals surface area contributed by atoms with Crippen LogP contribution in [0.15, 0.2) is 71.5 Å². The molecule has 0 spiro atoms. The second-order valence-electron chi connectivity index (χ2n) is 7.20. The molecule has 0 amide bonds. The summed E-state index contributed by atoms with van der Waals surface area (Å²) in [5.74, 6) is -0.770. The fourth-order valence-corrected chi connectivity index (χ4v) is 4.50. The lowest BCUT2D eigenvalue weighted by Gasteiger charge is -2.15. The smallest absolute Gasteiger partial charge is 0.345 e. The van der Waals surface area contributed by atoms with Gasteiger partial charge in [0, 0.05) is 18.7 Å². The Morgan fingerprint density at radius 1 is 1.06 bits per heavy atom. The Morgan fingerprint density at radius 3 is 2.32 bits per heavy atom. The number of carboxylic acid groups (broad SMARTS) is 1. The predicted octanol–water partition coefficient (Wildman–Crippen LogP) is 4.88. The zero-order valence-corrected chi connectivity index (χ0v) is 18.6. The van der Waals surface area contributed by atoms with Crippen molar-refractivity contribution in [3.05, 3.63) is 88.3 Å². The number of halogens is 1. The van der Waals surface area contributed by atoms with Crippen molar-refractivity contribution in [3.8, 4) is 5.88 Å². The zero-order valence-electron chi connectivity index (χ0n) is 17.0. The second kappa shape index (κ2) is 9.31. The molecule has 4 rings (SSSR count). The van der Waals surface area contributed by atoms with Gasteiger partial charge in [0.2, 0.25) is 12.0 Å². The van der Waals surface area contributed by atoms with Crippen molar-refractivity contribution in [2.75, 3.05) is 0 Å². The number of nitrogens with zero attached hydrogens (tertiary/aromatic N) is 3. The Kier molecular flexibility index (Phi) is 6.32. The van der Waals surface area contributed by atoms with E-state index < -0.39 is 12.1 Å². The molecule has 4 aromatic rings. The Balaban J connectivity index is 1.74. The minimum absolute atomic E-state index is 0.241. The summed E-state index contributed by atoms with van der Waals surface area (Å²) < 4.78 is 8.90. The molecule has 1 N–H and O–H groups in total. The average molecular weight is 480 g/mol. The van der Waals surface area contributed by atoms with Crippen LogP contribution in [0.4, 0.5) is 0 Å². The number of hydrogen-bond acceptors (Lipinski definition) is 4. The van der Waals surface area contributed by atoms with Crippen molar-refractivity contribution in [2.24, 2.45) is 0 Å². The van der Waals surface area contributed by atoms with Gasteiger partial charge in [0.05, 0.1) is 9.86 Å². The first-order valence-corrected chi connectivity index (χ1v) is 10.9. The molecular weight excluding hydrogens is 458 g/mol. The summed E-state index contributed by atoms with van der Waals surface area (Å²) in [5.41, 5.74) is 3.80. The number of ether oxygens (including phenoxy) is 1. The third kappa shape index (κ3) is 4.46. The molecule has 0 fully saturated rings. The van der Waals surface area contributed by atoms with Crippen LogP contribution >= 0.6 is 15.9 Å². The molecule has 158 valence electrons.